The summed E-state index contributed by atoms with van der Waals surface area (Å²) in [5.41, 5.74) is -0.00227. The van der Waals surface area contributed by atoms with E-state index in [1.54, 1.807) is 4.90 Å². The minimum atomic E-state index is -0.822. The van der Waals surface area contributed by atoms with E-state index in [9.17, 15) is 19.7 Å². The maximum atomic E-state index is 12.4. The van der Waals surface area contributed by atoms with Crippen LogP contribution >= 0.6 is 0 Å². The van der Waals surface area contributed by atoms with E-state index in [-0.39, 0.29) is 36.4 Å². The summed E-state index contributed by atoms with van der Waals surface area (Å²) >= 11 is 0. The highest BCUT2D eigenvalue weighted by atomic mass is 16.6. The van der Waals surface area contributed by atoms with E-state index in [4.69, 9.17) is 9.84 Å². The number of nitro benzene ring substituents is 1. The van der Waals surface area contributed by atoms with Crippen LogP contribution in [-0.2, 0) is 9.53 Å². The molecule has 1 aliphatic heterocycles. The fourth-order valence-corrected chi connectivity index (χ4v) is 3.20. The molecule has 1 amide bonds. The molecular formula is C18H25N3O6. The first-order chi connectivity index (χ1) is 13.0. The Morgan fingerprint density at radius 3 is 2.85 bits per heavy atom. The van der Waals surface area contributed by atoms with Crippen LogP contribution in [0.15, 0.2) is 18.2 Å². The van der Waals surface area contributed by atoms with Gasteiger partial charge in [0.05, 0.1) is 17.1 Å². The van der Waals surface area contributed by atoms with Crippen molar-refractivity contribution in [1.82, 2.24) is 4.90 Å². The van der Waals surface area contributed by atoms with E-state index in [0.717, 1.165) is 31.7 Å². The number of nitro groups is 1. The Morgan fingerprint density at radius 1 is 1.41 bits per heavy atom. The highest BCUT2D eigenvalue weighted by Gasteiger charge is 2.26. The number of esters is 1. The lowest BCUT2D eigenvalue weighted by Gasteiger charge is -2.35. The average Bonchev–Trinajstić information content (AvgIpc) is 2.69. The van der Waals surface area contributed by atoms with Crippen LogP contribution in [0.5, 0.6) is 0 Å². The summed E-state index contributed by atoms with van der Waals surface area (Å²) in [6.45, 7) is 2.26. The van der Waals surface area contributed by atoms with E-state index in [2.05, 4.69) is 5.32 Å². The minimum absolute atomic E-state index is 0.0452. The van der Waals surface area contributed by atoms with Crippen LogP contribution < -0.4 is 5.32 Å². The number of ether oxygens (including phenoxy) is 1. The molecule has 1 aromatic rings. The number of rotatable bonds is 8. The summed E-state index contributed by atoms with van der Waals surface area (Å²) in [7, 11) is 0. The number of carbonyl (C=O) groups is 2. The van der Waals surface area contributed by atoms with Crippen molar-refractivity contribution in [3.8, 4) is 0 Å². The summed E-state index contributed by atoms with van der Waals surface area (Å²) in [4.78, 5) is 37.0. The molecule has 1 fully saturated rings. The van der Waals surface area contributed by atoms with Gasteiger partial charge in [0.25, 0.3) is 11.6 Å². The third-order valence-corrected chi connectivity index (χ3v) is 4.61. The summed E-state index contributed by atoms with van der Waals surface area (Å²) in [5, 5.41) is 22.7. The second kappa shape index (κ2) is 9.86. The molecule has 9 nitrogen and oxygen atoms in total. The average molecular weight is 379 g/mol. The Labute approximate surface area is 157 Å². The van der Waals surface area contributed by atoms with Crippen molar-refractivity contribution >= 4 is 23.3 Å². The normalized spacial score (nSPS) is 16.7. The van der Waals surface area contributed by atoms with E-state index in [1.165, 1.54) is 12.1 Å². The highest BCUT2D eigenvalue weighted by Crippen LogP contribution is 2.23. The van der Waals surface area contributed by atoms with Crippen LogP contribution in [-0.4, -0.2) is 59.2 Å². The molecule has 0 saturated carbocycles. The topological polar surface area (TPSA) is 122 Å². The zero-order valence-electron chi connectivity index (χ0n) is 15.3. The lowest BCUT2D eigenvalue weighted by atomic mass is 10.00. The van der Waals surface area contributed by atoms with Crippen molar-refractivity contribution < 1.29 is 24.4 Å². The molecule has 2 rings (SSSR count). The number of likely N-dealkylation sites (tertiary alicyclic amines) is 1. The first-order valence-corrected chi connectivity index (χ1v) is 9.07. The van der Waals surface area contributed by atoms with Gasteiger partial charge in [0.15, 0.2) is 6.61 Å². The van der Waals surface area contributed by atoms with Gasteiger partial charge in [0.2, 0.25) is 0 Å². The van der Waals surface area contributed by atoms with Gasteiger partial charge in [0.1, 0.15) is 0 Å². The standard InChI is InChI=1S/C18H25N3O6/c1-2-13-5-3-4-9-20(13)17(23)12-27-18(24)15-11-14(21(25)26)6-7-16(15)19-8-10-22/h6-7,11,13,19,22H,2-5,8-10,12H2,1H3/t13-/m1/s1. The van der Waals surface area contributed by atoms with Crippen LogP contribution in [0.2, 0.25) is 0 Å². The molecule has 2 N–H and O–H groups in total. The first-order valence-electron chi connectivity index (χ1n) is 9.07. The molecule has 0 spiro atoms. The molecule has 1 atom stereocenters. The highest BCUT2D eigenvalue weighted by molar-refractivity contribution is 5.97. The number of nitrogens with zero attached hydrogens (tertiary/aromatic N) is 2. The Kier molecular flexibility index (Phi) is 7.54. The third-order valence-electron chi connectivity index (χ3n) is 4.61. The Balaban J connectivity index is 2.08. The van der Waals surface area contributed by atoms with Crippen molar-refractivity contribution in [3.63, 3.8) is 0 Å². The third kappa shape index (κ3) is 5.40. The largest absolute Gasteiger partial charge is 0.452 e. The Hall–Kier alpha value is -2.68. The van der Waals surface area contributed by atoms with Gasteiger partial charge in [-0.15, -0.1) is 0 Å². The van der Waals surface area contributed by atoms with Gasteiger partial charge in [-0.05, 0) is 31.7 Å². The first kappa shape index (κ1) is 20.6. The summed E-state index contributed by atoms with van der Waals surface area (Å²) in [6, 6.07) is 3.89. The number of carbonyl (C=O) groups excluding carboxylic acids is 2. The fourth-order valence-electron chi connectivity index (χ4n) is 3.20. The van der Waals surface area contributed by atoms with Gasteiger partial charge in [-0.2, -0.15) is 0 Å². The lowest BCUT2D eigenvalue weighted by molar-refractivity contribution is -0.384. The fraction of sp³-hybridized carbons (Fsp3) is 0.556. The summed E-state index contributed by atoms with van der Waals surface area (Å²) in [5.74, 6) is -1.08. The maximum Gasteiger partial charge on any atom is 0.341 e. The molecule has 148 valence electrons. The second-order valence-corrected chi connectivity index (χ2v) is 6.36. The lowest BCUT2D eigenvalue weighted by Crippen LogP contribution is -2.45. The number of piperidine rings is 1. The number of benzene rings is 1. The zero-order chi connectivity index (χ0) is 19.8. The van der Waals surface area contributed by atoms with Crippen molar-refractivity contribution in [2.45, 2.75) is 38.6 Å². The van der Waals surface area contributed by atoms with Crippen molar-refractivity contribution in [2.24, 2.45) is 0 Å². The number of non-ortho nitro benzene ring substituents is 1. The predicted octanol–water partition coefficient (Wildman–Crippen LogP) is 1.95. The molecule has 27 heavy (non-hydrogen) atoms. The smallest absolute Gasteiger partial charge is 0.341 e. The number of aliphatic hydroxyl groups is 1. The van der Waals surface area contributed by atoms with Gasteiger partial charge in [-0.1, -0.05) is 6.92 Å². The van der Waals surface area contributed by atoms with Crippen molar-refractivity contribution in [1.29, 1.82) is 0 Å². The van der Waals surface area contributed by atoms with Gasteiger partial charge in [-0.25, -0.2) is 4.79 Å². The maximum absolute atomic E-state index is 12.4. The number of hydrogen-bond acceptors (Lipinski definition) is 7. The molecule has 1 saturated heterocycles. The van der Waals surface area contributed by atoms with Crippen LogP contribution in [0, 0.1) is 10.1 Å². The van der Waals surface area contributed by atoms with E-state index in [0.29, 0.717) is 12.2 Å². The van der Waals surface area contributed by atoms with Gasteiger partial charge >= 0.3 is 5.97 Å². The number of anilines is 1. The predicted molar refractivity (Wildman–Crippen MR) is 98.6 cm³/mol. The molecule has 9 heteroatoms. The van der Waals surface area contributed by atoms with Crippen LogP contribution in [0.1, 0.15) is 43.0 Å². The monoisotopic (exact) mass is 379 g/mol. The number of aliphatic hydroxyl groups excluding tert-OH is 1. The second-order valence-electron chi connectivity index (χ2n) is 6.36. The zero-order valence-corrected chi connectivity index (χ0v) is 15.3. The van der Waals surface area contributed by atoms with Crippen LogP contribution in [0.4, 0.5) is 11.4 Å². The summed E-state index contributed by atoms with van der Waals surface area (Å²) in [6.07, 6.45) is 3.79. The van der Waals surface area contributed by atoms with Gasteiger partial charge in [-0.3, -0.25) is 14.9 Å². The number of hydrogen-bond donors (Lipinski definition) is 2. The van der Waals surface area contributed by atoms with Crippen LogP contribution in [0.3, 0.4) is 0 Å². The molecule has 0 aliphatic carbocycles. The Morgan fingerprint density at radius 2 is 2.19 bits per heavy atom. The molecule has 0 radical (unpaired) electrons. The minimum Gasteiger partial charge on any atom is -0.452 e. The van der Waals surface area contributed by atoms with E-state index in [1.807, 2.05) is 6.92 Å². The van der Waals surface area contributed by atoms with Crippen molar-refractivity contribution in [2.75, 3.05) is 31.6 Å². The quantitative estimate of drug-likeness (QED) is 0.402. The Bertz CT molecular complexity index is 694. The number of nitrogens with one attached hydrogen (secondary N) is 1. The van der Waals surface area contributed by atoms with Gasteiger partial charge in [0, 0.05) is 37.0 Å². The summed E-state index contributed by atoms with van der Waals surface area (Å²) < 4.78 is 5.14. The van der Waals surface area contributed by atoms with Crippen molar-refractivity contribution in [3.05, 3.63) is 33.9 Å². The molecule has 0 unspecified atom stereocenters. The molecule has 1 heterocycles. The number of amides is 1. The van der Waals surface area contributed by atoms with E-state index < -0.39 is 17.5 Å². The van der Waals surface area contributed by atoms with Crippen LogP contribution in [0.25, 0.3) is 0 Å². The molecule has 0 bridgehead atoms. The molecular weight excluding hydrogens is 354 g/mol. The van der Waals surface area contributed by atoms with Gasteiger partial charge < -0.3 is 20.1 Å². The molecule has 1 aliphatic rings. The molecule has 1 aromatic carbocycles. The molecule has 0 aromatic heterocycles. The SMILES string of the molecule is CC[C@@H]1CCCCN1C(=O)COC(=O)c1cc([N+](=O)[O-])ccc1NCCO. The van der Waals surface area contributed by atoms with E-state index >= 15 is 0 Å².